The van der Waals surface area contributed by atoms with E-state index >= 15 is 0 Å². The maximum atomic E-state index is 11.6. The molecule has 0 amide bonds. The van der Waals surface area contributed by atoms with E-state index < -0.39 is 31.9 Å². The molecule has 0 saturated heterocycles. The summed E-state index contributed by atoms with van der Waals surface area (Å²) < 4.78 is 20.8. The molecule has 1 unspecified atom stereocenters. The van der Waals surface area contributed by atoms with Crippen molar-refractivity contribution in [3.8, 4) is 0 Å². The molecule has 0 saturated carbocycles. The predicted octanol–water partition coefficient (Wildman–Crippen LogP) is 1.04. The molecule has 0 aliphatic rings. The fourth-order valence-corrected chi connectivity index (χ4v) is 2.24. The molecule has 0 heterocycles. The van der Waals surface area contributed by atoms with Crippen LogP contribution in [0.4, 0.5) is 0 Å². The normalized spacial score (nSPS) is 13.4. The Kier molecular flexibility index (Phi) is 6.25. The zero-order valence-corrected chi connectivity index (χ0v) is 9.98. The van der Waals surface area contributed by atoms with Crippen molar-refractivity contribution >= 4 is 19.5 Å². The van der Waals surface area contributed by atoms with Crippen molar-refractivity contribution in [1.82, 2.24) is 0 Å². The molecule has 0 aromatic rings. The van der Waals surface area contributed by atoms with E-state index in [4.69, 9.17) is 10.2 Å². The van der Waals surface area contributed by atoms with Gasteiger partial charge in [0.15, 0.2) is 0 Å². The first-order chi connectivity index (χ1) is 7.34. The van der Waals surface area contributed by atoms with Crippen molar-refractivity contribution in [2.75, 3.05) is 20.4 Å². The monoisotopic (exact) mass is 254 g/mol. The largest absolute Gasteiger partial charge is 0.481 e. The second kappa shape index (κ2) is 6.62. The van der Waals surface area contributed by atoms with Gasteiger partial charge in [0.1, 0.15) is 0 Å². The quantitative estimate of drug-likeness (QED) is 0.622. The summed E-state index contributed by atoms with van der Waals surface area (Å²) in [4.78, 5) is 21.1. The van der Waals surface area contributed by atoms with Gasteiger partial charge in [-0.3, -0.25) is 14.2 Å². The summed E-state index contributed by atoms with van der Waals surface area (Å²) in [6, 6.07) is 0. The first-order valence-corrected chi connectivity index (χ1v) is 6.22. The van der Waals surface area contributed by atoms with Crippen LogP contribution in [0.15, 0.2) is 0 Å². The molecule has 16 heavy (non-hydrogen) atoms. The summed E-state index contributed by atoms with van der Waals surface area (Å²) >= 11 is 0. The van der Waals surface area contributed by atoms with Gasteiger partial charge < -0.3 is 19.3 Å². The third-order valence-corrected chi connectivity index (χ3v) is 4.00. The fraction of sp³-hybridized carbons (Fsp3) is 0.750. The van der Waals surface area contributed by atoms with E-state index in [-0.39, 0.29) is 12.6 Å². The molecule has 0 aliphatic carbocycles. The molecule has 0 aliphatic heterocycles. The molecule has 0 bridgehead atoms. The maximum Gasteiger partial charge on any atom is 0.330 e. The van der Waals surface area contributed by atoms with Gasteiger partial charge in [0.2, 0.25) is 0 Å². The molecule has 7 nitrogen and oxygen atoms in total. The van der Waals surface area contributed by atoms with Crippen molar-refractivity contribution < 1.29 is 33.4 Å². The zero-order valence-electron chi connectivity index (χ0n) is 9.08. The first kappa shape index (κ1) is 15.1. The lowest BCUT2D eigenvalue weighted by atomic mass is 10.0. The average Bonchev–Trinajstić information content (AvgIpc) is 2.23. The van der Waals surface area contributed by atoms with Gasteiger partial charge in [-0.1, -0.05) is 0 Å². The van der Waals surface area contributed by atoms with E-state index in [9.17, 15) is 14.2 Å². The number of hydrogen-bond donors (Lipinski definition) is 2. The van der Waals surface area contributed by atoms with Crippen LogP contribution in [0.1, 0.15) is 12.8 Å². The lowest BCUT2D eigenvalue weighted by Gasteiger charge is -2.15. The molecule has 0 aromatic carbocycles. The fourth-order valence-electron chi connectivity index (χ4n) is 1.09. The standard InChI is InChI=1S/C8H15O7P/c1-14-16(13,15-2)4-3-6(8(11)12)5-7(9)10/h6H,3-5H2,1-2H3,(H,9,10)(H,11,12). The molecular formula is C8H15O7P. The number of carbonyl (C=O) groups is 2. The lowest BCUT2D eigenvalue weighted by Crippen LogP contribution is -2.19. The highest BCUT2D eigenvalue weighted by molar-refractivity contribution is 7.53. The minimum atomic E-state index is -3.27. The van der Waals surface area contributed by atoms with Crippen molar-refractivity contribution in [2.24, 2.45) is 5.92 Å². The number of aliphatic carboxylic acids is 2. The van der Waals surface area contributed by atoms with Gasteiger partial charge in [-0.2, -0.15) is 0 Å². The van der Waals surface area contributed by atoms with Crippen LogP contribution in [0, 0.1) is 5.92 Å². The molecule has 0 fully saturated rings. The van der Waals surface area contributed by atoms with Gasteiger partial charge in [-0.05, 0) is 6.42 Å². The molecule has 8 heteroatoms. The van der Waals surface area contributed by atoms with Gasteiger partial charge in [-0.25, -0.2) is 0 Å². The zero-order chi connectivity index (χ0) is 12.8. The number of carboxylic acids is 2. The molecule has 0 aromatic heterocycles. The van der Waals surface area contributed by atoms with Crippen molar-refractivity contribution in [3.63, 3.8) is 0 Å². The minimum Gasteiger partial charge on any atom is -0.481 e. The molecule has 0 radical (unpaired) electrons. The highest BCUT2D eigenvalue weighted by atomic mass is 31.2. The van der Waals surface area contributed by atoms with E-state index in [1.165, 1.54) is 14.2 Å². The van der Waals surface area contributed by atoms with Gasteiger partial charge in [0.25, 0.3) is 0 Å². The van der Waals surface area contributed by atoms with Crippen LogP contribution in [0.3, 0.4) is 0 Å². The SMILES string of the molecule is COP(=O)(CCC(CC(=O)O)C(=O)O)OC. The molecular weight excluding hydrogens is 239 g/mol. The van der Waals surface area contributed by atoms with Gasteiger partial charge in [-0.15, -0.1) is 0 Å². The third-order valence-electron chi connectivity index (χ3n) is 2.08. The van der Waals surface area contributed by atoms with E-state index in [0.29, 0.717) is 0 Å². The van der Waals surface area contributed by atoms with E-state index in [1.807, 2.05) is 0 Å². The Morgan fingerprint density at radius 2 is 1.75 bits per heavy atom. The predicted molar refractivity (Wildman–Crippen MR) is 54.5 cm³/mol. The summed E-state index contributed by atoms with van der Waals surface area (Å²) in [6.07, 6.45) is -0.701. The van der Waals surface area contributed by atoms with Crippen LogP contribution in [0.2, 0.25) is 0 Å². The number of hydrogen-bond acceptors (Lipinski definition) is 5. The van der Waals surface area contributed by atoms with Crippen molar-refractivity contribution in [2.45, 2.75) is 12.8 Å². The highest BCUT2D eigenvalue weighted by Gasteiger charge is 2.27. The number of carboxylic acid groups (broad SMARTS) is 2. The van der Waals surface area contributed by atoms with E-state index in [1.54, 1.807) is 0 Å². The Bertz CT molecular complexity index is 293. The first-order valence-electron chi connectivity index (χ1n) is 4.49. The van der Waals surface area contributed by atoms with Gasteiger partial charge >= 0.3 is 19.5 Å². The van der Waals surface area contributed by atoms with E-state index in [0.717, 1.165) is 0 Å². The Labute approximate surface area is 92.9 Å². The summed E-state index contributed by atoms with van der Waals surface area (Å²) in [7, 11) is -0.891. The molecule has 0 spiro atoms. The summed E-state index contributed by atoms with van der Waals surface area (Å²) in [6.45, 7) is 0. The Morgan fingerprint density at radius 1 is 1.25 bits per heavy atom. The van der Waals surface area contributed by atoms with Crippen molar-refractivity contribution in [3.05, 3.63) is 0 Å². The molecule has 94 valence electrons. The Morgan fingerprint density at radius 3 is 2.06 bits per heavy atom. The second-order valence-corrected chi connectivity index (χ2v) is 5.52. The summed E-state index contributed by atoms with van der Waals surface area (Å²) in [5.74, 6) is -3.53. The summed E-state index contributed by atoms with van der Waals surface area (Å²) in [5, 5.41) is 17.2. The smallest absolute Gasteiger partial charge is 0.330 e. The van der Waals surface area contributed by atoms with Crippen LogP contribution in [0.5, 0.6) is 0 Å². The molecule has 0 rings (SSSR count). The third kappa shape index (κ3) is 5.25. The van der Waals surface area contributed by atoms with Gasteiger partial charge in [0, 0.05) is 14.2 Å². The average molecular weight is 254 g/mol. The Hall–Kier alpha value is -0.910. The summed E-state index contributed by atoms with van der Waals surface area (Å²) in [5.41, 5.74) is 0. The molecule has 1 atom stereocenters. The topological polar surface area (TPSA) is 110 Å². The highest BCUT2D eigenvalue weighted by Crippen LogP contribution is 2.47. The second-order valence-electron chi connectivity index (χ2n) is 3.12. The van der Waals surface area contributed by atoms with E-state index in [2.05, 4.69) is 9.05 Å². The van der Waals surface area contributed by atoms with Crippen molar-refractivity contribution in [1.29, 1.82) is 0 Å². The van der Waals surface area contributed by atoms with Gasteiger partial charge in [0.05, 0.1) is 18.5 Å². The van der Waals surface area contributed by atoms with Crippen LogP contribution >= 0.6 is 7.60 Å². The maximum absolute atomic E-state index is 11.6. The minimum absolute atomic E-state index is 0.0689. The lowest BCUT2D eigenvalue weighted by molar-refractivity contribution is -0.148. The molecule has 2 N–H and O–H groups in total. The Balaban J connectivity index is 4.37. The van der Waals surface area contributed by atoms with Crippen LogP contribution in [-0.4, -0.2) is 42.5 Å². The number of rotatable bonds is 8. The van der Waals surface area contributed by atoms with Crippen LogP contribution in [0.25, 0.3) is 0 Å². The van der Waals surface area contributed by atoms with Crippen LogP contribution < -0.4 is 0 Å². The van der Waals surface area contributed by atoms with Crippen LogP contribution in [-0.2, 0) is 23.2 Å².